The third-order valence-corrected chi connectivity index (χ3v) is 6.58. The van der Waals surface area contributed by atoms with Gasteiger partial charge < -0.3 is 10.3 Å². The monoisotopic (exact) mass is 537 g/mol. The minimum atomic E-state index is -2.97. The maximum absolute atomic E-state index is 13.1. The molecular weight excluding hydrogens is 525 g/mol. The molecule has 174 valence electrons. The first-order valence-corrected chi connectivity index (χ1v) is 12.0. The Hall–Kier alpha value is -3.45. The number of aromatic amines is 1. The van der Waals surface area contributed by atoms with E-state index >= 15 is 0 Å². The molecule has 0 saturated heterocycles. The molecule has 2 N–H and O–H groups in total. The molecule has 0 spiro atoms. The van der Waals surface area contributed by atoms with Crippen LogP contribution in [-0.4, -0.2) is 31.0 Å². The van der Waals surface area contributed by atoms with Crippen molar-refractivity contribution < 1.29 is 13.2 Å². The number of nitrogens with one attached hydrogen (secondary N) is 2. The van der Waals surface area contributed by atoms with Crippen LogP contribution in [0.15, 0.2) is 62.5 Å². The third-order valence-electron chi connectivity index (χ3n) is 4.74. The molecule has 0 bridgehead atoms. The SMILES string of the molecule is CNc1cc2[nH]c(=O)n(-c3ccc(N(C(=O)N=S(=O)=O)c4ccc(Cl)s4)cc3)c(=O)c2cc1Cl. The van der Waals surface area contributed by atoms with E-state index in [9.17, 15) is 22.8 Å². The molecule has 14 heteroatoms. The lowest BCUT2D eigenvalue weighted by Crippen LogP contribution is -2.33. The highest BCUT2D eigenvalue weighted by Crippen LogP contribution is 2.35. The van der Waals surface area contributed by atoms with Crippen molar-refractivity contribution in [3.05, 3.63) is 78.7 Å². The number of urea groups is 1. The number of rotatable bonds is 4. The summed E-state index contributed by atoms with van der Waals surface area (Å²) < 4.78 is 26.2. The molecule has 2 aromatic carbocycles. The predicted molar refractivity (Wildman–Crippen MR) is 133 cm³/mol. The van der Waals surface area contributed by atoms with E-state index in [1.165, 1.54) is 36.4 Å². The molecule has 0 aliphatic heterocycles. The van der Waals surface area contributed by atoms with Gasteiger partial charge in [-0.25, -0.2) is 14.2 Å². The number of hydrogen-bond donors (Lipinski definition) is 2. The minimum absolute atomic E-state index is 0.203. The second-order valence-electron chi connectivity index (χ2n) is 6.72. The number of benzene rings is 2. The van der Waals surface area contributed by atoms with Gasteiger partial charge >= 0.3 is 22.2 Å². The van der Waals surface area contributed by atoms with E-state index in [0.29, 0.717) is 25.6 Å². The van der Waals surface area contributed by atoms with Gasteiger partial charge in [0.15, 0.2) is 0 Å². The zero-order chi connectivity index (χ0) is 24.6. The third kappa shape index (κ3) is 4.48. The number of hydrogen-bond acceptors (Lipinski definition) is 7. The van der Waals surface area contributed by atoms with Crippen molar-refractivity contribution in [1.29, 1.82) is 0 Å². The number of nitrogens with zero attached hydrogens (tertiary/aromatic N) is 3. The normalized spacial score (nSPS) is 10.8. The molecular formula is C20H13Cl2N5O5S2. The summed E-state index contributed by atoms with van der Waals surface area (Å²) in [6.07, 6.45) is 0. The number of amides is 2. The van der Waals surface area contributed by atoms with Gasteiger partial charge in [-0.1, -0.05) is 27.6 Å². The maximum Gasteiger partial charge on any atom is 0.368 e. The first-order valence-electron chi connectivity index (χ1n) is 9.37. The van der Waals surface area contributed by atoms with E-state index in [1.54, 1.807) is 19.2 Å². The van der Waals surface area contributed by atoms with Crippen molar-refractivity contribution in [1.82, 2.24) is 9.55 Å². The lowest BCUT2D eigenvalue weighted by Gasteiger charge is -2.18. The maximum atomic E-state index is 13.1. The quantitative estimate of drug-likeness (QED) is 0.396. The van der Waals surface area contributed by atoms with Crippen LogP contribution in [0, 0.1) is 0 Å². The first kappa shape index (κ1) is 23.7. The van der Waals surface area contributed by atoms with Crippen LogP contribution in [0.3, 0.4) is 0 Å². The average molecular weight is 538 g/mol. The van der Waals surface area contributed by atoms with Crippen molar-refractivity contribution in [2.24, 2.45) is 4.36 Å². The van der Waals surface area contributed by atoms with Crippen LogP contribution in [-0.2, 0) is 10.5 Å². The number of carbonyl (C=O) groups excluding carboxylic acids is 1. The summed E-state index contributed by atoms with van der Waals surface area (Å²) in [7, 11) is -1.31. The molecule has 4 rings (SSSR count). The van der Waals surface area contributed by atoms with Crippen LogP contribution in [0.1, 0.15) is 0 Å². The van der Waals surface area contributed by atoms with Crippen molar-refractivity contribution in [2.75, 3.05) is 17.3 Å². The number of fused-ring (bicyclic) bond motifs is 1. The number of anilines is 3. The highest BCUT2D eigenvalue weighted by Gasteiger charge is 2.21. The Morgan fingerprint density at radius 3 is 2.41 bits per heavy atom. The van der Waals surface area contributed by atoms with Crippen LogP contribution in [0.4, 0.5) is 21.2 Å². The Labute approximate surface area is 206 Å². The molecule has 34 heavy (non-hydrogen) atoms. The van der Waals surface area contributed by atoms with E-state index < -0.39 is 27.8 Å². The minimum Gasteiger partial charge on any atom is -0.387 e. The fraction of sp³-hybridized carbons (Fsp3) is 0.0500. The van der Waals surface area contributed by atoms with Crippen LogP contribution >= 0.6 is 34.5 Å². The van der Waals surface area contributed by atoms with Crippen LogP contribution < -0.4 is 21.5 Å². The van der Waals surface area contributed by atoms with E-state index in [4.69, 9.17) is 23.2 Å². The summed E-state index contributed by atoms with van der Waals surface area (Å²) in [4.78, 5) is 41.9. The Morgan fingerprint density at radius 2 is 1.82 bits per heavy atom. The second kappa shape index (κ2) is 9.43. The topological polar surface area (TPSA) is 134 Å². The van der Waals surface area contributed by atoms with Crippen LogP contribution in [0.5, 0.6) is 0 Å². The lowest BCUT2D eigenvalue weighted by atomic mass is 10.2. The van der Waals surface area contributed by atoms with E-state index in [1.807, 2.05) is 0 Å². The van der Waals surface area contributed by atoms with Gasteiger partial charge in [0.25, 0.3) is 5.56 Å². The van der Waals surface area contributed by atoms with Gasteiger partial charge in [-0.2, -0.15) is 8.42 Å². The summed E-state index contributed by atoms with van der Waals surface area (Å²) in [5.41, 5.74) is 0.0552. The molecule has 0 saturated carbocycles. The summed E-state index contributed by atoms with van der Waals surface area (Å²) in [6, 6.07) is 10.8. The number of H-pyrrole nitrogens is 1. The molecule has 2 heterocycles. The summed E-state index contributed by atoms with van der Waals surface area (Å²) in [5.74, 6) is 0. The van der Waals surface area contributed by atoms with Gasteiger partial charge in [0, 0.05) is 7.05 Å². The van der Waals surface area contributed by atoms with Gasteiger partial charge in [0.2, 0.25) is 0 Å². The van der Waals surface area contributed by atoms with Crippen molar-refractivity contribution in [3.8, 4) is 5.69 Å². The zero-order valence-electron chi connectivity index (χ0n) is 17.1. The highest BCUT2D eigenvalue weighted by atomic mass is 35.5. The van der Waals surface area contributed by atoms with Gasteiger partial charge in [0.05, 0.1) is 37.3 Å². The Morgan fingerprint density at radius 1 is 1.12 bits per heavy atom. The highest BCUT2D eigenvalue weighted by molar-refractivity contribution is 7.62. The molecule has 0 aliphatic rings. The number of aromatic nitrogens is 2. The van der Waals surface area contributed by atoms with Crippen molar-refractivity contribution in [2.45, 2.75) is 0 Å². The Kier molecular flexibility index (Phi) is 6.57. The Bertz CT molecular complexity index is 1680. The number of thiophene rings is 1. The summed E-state index contributed by atoms with van der Waals surface area (Å²) in [6.45, 7) is 0. The van der Waals surface area contributed by atoms with Gasteiger partial charge in [0.1, 0.15) is 5.00 Å². The van der Waals surface area contributed by atoms with Crippen molar-refractivity contribution in [3.63, 3.8) is 0 Å². The molecule has 0 radical (unpaired) electrons. The van der Waals surface area contributed by atoms with Gasteiger partial charge in [-0.15, -0.1) is 11.3 Å². The van der Waals surface area contributed by atoms with Crippen LogP contribution in [0.2, 0.25) is 9.36 Å². The van der Waals surface area contributed by atoms with Crippen molar-refractivity contribution >= 4 is 78.3 Å². The molecule has 0 atom stereocenters. The van der Waals surface area contributed by atoms with Gasteiger partial charge in [-0.3, -0.25) is 9.69 Å². The molecule has 10 nitrogen and oxygen atoms in total. The molecule has 2 amide bonds. The predicted octanol–water partition coefficient (Wildman–Crippen LogP) is 4.41. The lowest BCUT2D eigenvalue weighted by molar-refractivity contribution is 0.256. The van der Waals surface area contributed by atoms with E-state index in [-0.39, 0.29) is 16.8 Å². The molecule has 0 unspecified atom stereocenters. The summed E-state index contributed by atoms with van der Waals surface area (Å²) >= 11 is 13.2. The average Bonchev–Trinajstić information content (AvgIpc) is 3.20. The largest absolute Gasteiger partial charge is 0.387 e. The fourth-order valence-corrected chi connectivity index (χ4v) is 4.79. The number of halogens is 2. The number of carbonyl (C=O) groups is 1. The van der Waals surface area contributed by atoms with E-state index in [0.717, 1.165) is 20.8 Å². The zero-order valence-corrected chi connectivity index (χ0v) is 20.2. The molecule has 2 aromatic heterocycles. The Balaban J connectivity index is 1.83. The smallest absolute Gasteiger partial charge is 0.368 e. The van der Waals surface area contributed by atoms with E-state index in [2.05, 4.69) is 14.7 Å². The second-order valence-corrected chi connectivity index (χ2v) is 9.44. The summed E-state index contributed by atoms with van der Waals surface area (Å²) in [5, 5.41) is 3.72. The molecule has 4 aromatic rings. The first-order chi connectivity index (χ1) is 16.2. The van der Waals surface area contributed by atoms with Crippen LogP contribution in [0.25, 0.3) is 16.6 Å². The fourth-order valence-electron chi connectivity index (χ4n) is 3.28. The standard InChI is InChI=1S/C20H13Cl2N5O5S2/c1-23-15-9-14-12(8-13(15)21)18(28)27(19(29)24-14)11-4-2-10(3-5-11)26(20(30)25-34(31)32)17-7-6-16(22)33-17/h2-9,23H,1H3,(H,24,29). The molecule has 0 fully saturated rings. The van der Waals surface area contributed by atoms with Gasteiger partial charge in [-0.05, 0) is 48.5 Å². The molecule has 0 aliphatic carbocycles.